The lowest BCUT2D eigenvalue weighted by atomic mass is 9.98. The number of amides is 1. The minimum Gasteiger partial charge on any atom is -0.750 e. The largest absolute Gasteiger partial charge is 0.750 e. The number of nitrogens with zero attached hydrogens (tertiary/aromatic N) is 3. The number of hydrogen-bond acceptors (Lipinski definition) is 1. The van der Waals surface area contributed by atoms with Crippen LogP contribution in [0.1, 0.15) is 13.3 Å². The molecule has 3 aliphatic rings. The van der Waals surface area contributed by atoms with Crippen molar-refractivity contribution in [1.29, 1.82) is 0 Å². The normalized spacial score (nSPS) is 22.3. The average molecular weight is 242 g/mol. The van der Waals surface area contributed by atoms with Gasteiger partial charge < -0.3 is 10.2 Å². The minimum absolute atomic E-state index is 0.118. The summed E-state index contributed by atoms with van der Waals surface area (Å²) in [6.07, 6.45) is 6.93. The van der Waals surface area contributed by atoms with Crippen LogP contribution in [0.15, 0.2) is 35.2 Å². The van der Waals surface area contributed by atoms with Crippen LogP contribution < -0.4 is 0 Å². The third-order valence-corrected chi connectivity index (χ3v) is 3.67. The predicted molar refractivity (Wildman–Crippen MR) is 70.0 cm³/mol. The van der Waals surface area contributed by atoms with Crippen LogP contribution in [0.2, 0.25) is 0 Å². The van der Waals surface area contributed by atoms with E-state index in [-0.39, 0.29) is 5.91 Å². The summed E-state index contributed by atoms with van der Waals surface area (Å²) in [5.41, 5.74) is 3.48. The lowest BCUT2D eigenvalue weighted by molar-refractivity contribution is -0.475. The molecule has 0 aromatic carbocycles. The van der Waals surface area contributed by atoms with Crippen LogP contribution in [0.25, 0.3) is 5.32 Å². The molecule has 0 unspecified atom stereocenters. The molecule has 0 radical (unpaired) electrons. The van der Waals surface area contributed by atoms with Crippen LogP contribution in [0.5, 0.6) is 0 Å². The molecule has 3 aliphatic heterocycles. The first-order chi connectivity index (χ1) is 8.66. The van der Waals surface area contributed by atoms with E-state index in [1.54, 1.807) is 6.92 Å². The molecule has 18 heavy (non-hydrogen) atoms. The Hall–Kier alpha value is -1.97. The summed E-state index contributed by atoms with van der Waals surface area (Å²) in [5, 5.41) is 4.50. The molecule has 0 spiro atoms. The Morgan fingerprint density at radius 2 is 2.44 bits per heavy atom. The maximum absolute atomic E-state index is 11.4. The fraction of sp³-hybridized carbons (Fsp3) is 0.357. The smallest absolute Gasteiger partial charge is 0.219 e. The van der Waals surface area contributed by atoms with Crippen LogP contribution >= 0.6 is 0 Å². The first-order valence-electron chi connectivity index (χ1n) is 6.17. The van der Waals surface area contributed by atoms with E-state index in [0.717, 1.165) is 24.2 Å². The summed E-state index contributed by atoms with van der Waals surface area (Å²) in [5.74, 6) is 0.118. The van der Waals surface area contributed by atoms with Gasteiger partial charge in [-0.15, -0.1) is 0 Å². The van der Waals surface area contributed by atoms with Crippen molar-refractivity contribution in [3.8, 4) is 0 Å². The van der Waals surface area contributed by atoms with Gasteiger partial charge in [0.1, 0.15) is 12.6 Å². The molecule has 94 valence electrons. The second-order valence-corrected chi connectivity index (χ2v) is 4.80. The van der Waals surface area contributed by atoms with E-state index in [0.29, 0.717) is 13.1 Å². The van der Waals surface area contributed by atoms with Crippen LogP contribution in [-0.4, -0.2) is 41.7 Å². The van der Waals surface area contributed by atoms with Crippen molar-refractivity contribution in [2.24, 2.45) is 0 Å². The summed E-state index contributed by atoms with van der Waals surface area (Å²) in [4.78, 5) is 13.2. The van der Waals surface area contributed by atoms with Gasteiger partial charge in [-0.25, -0.2) is 5.70 Å². The molecule has 1 fully saturated rings. The van der Waals surface area contributed by atoms with Gasteiger partial charge in [-0.05, 0) is 0 Å². The van der Waals surface area contributed by atoms with Crippen LogP contribution in [0.3, 0.4) is 0 Å². The van der Waals surface area contributed by atoms with Crippen molar-refractivity contribution in [3.63, 3.8) is 0 Å². The molecule has 0 saturated carbocycles. The van der Waals surface area contributed by atoms with Crippen LogP contribution in [-0.2, 0) is 4.79 Å². The van der Waals surface area contributed by atoms with Crippen molar-refractivity contribution < 1.29 is 9.37 Å². The summed E-state index contributed by atoms with van der Waals surface area (Å²) in [6.45, 7) is 7.94. The topological polar surface area (TPSA) is 37.4 Å². The third-order valence-electron chi connectivity index (χ3n) is 3.67. The van der Waals surface area contributed by atoms with E-state index >= 15 is 0 Å². The van der Waals surface area contributed by atoms with E-state index in [4.69, 9.17) is 0 Å². The summed E-state index contributed by atoms with van der Waals surface area (Å²) in [7, 11) is 0. The number of carbonyl (C=O) groups excluding carboxylic acids is 1. The number of carbonyl (C=O) groups is 1. The number of fused-ring (bicyclic) bond motifs is 1. The Morgan fingerprint density at radius 1 is 1.61 bits per heavy atom. The van der Waals surface area contributed by atoms with Crippen molar-refractivity contribution in [2.75, 3.05) is 19.6 Å². The zero-order valence-electron chi connectivity index (χ0n) is 10.5. The molecular weight excluding hydrogens is 226 g/mol. The SMILES string of the molecule is C=[N+]1CCC2=C(C3=CCN(C(C)=O)C3)[N-]C=C[C-]21. The predicted octanol–water partition coefficient (Wildman–Crippen LogP) is 1.58. The van der Waals surface area contributed by atoms with Crippen molar-refractivity contribution in [1.82, 2.24) is 4.90 Å². The van der Waals surface area contributed by atoms with E-state index in [1.165, 1.54) is 11.6 Å². The highest BCUT2D eigenvalue weighted by atomic mass is 16.2. The van der Waals surface area contributed by atoms with Crippen LogP contribution in [0, 0.1) is 6.04 Å². The van der Waals surface area contributed by atoms with Crippen molar-refractivity contribution in [2.45, 2.75) is 13.3 Å². The Morgan fingerprint density at radius 3 is 3.17 bits per heavy atom. The van der Waals surface area contributed by atoms with Crippen molar-refractivity contribution in [3.05, 3.63) is 46.6 Å². The van der Waals surface area contributed by atoms with Gasteiger partial charge in [0.05, 0.1) is 6.72 Å². The molecule has 3 rings (SSSR count). The maximum atomic E-state index is 11.4. The first kappa shape index (κ1) is 11.1. The molecule has 3 heterocycles. The molecule has 0 aromatic heterocycles. The molecule has 0 aromatic rings. The van der Waals surface area contributed by atoms with Crippen LogP contribution in [0.4, 0.5) is 0 Å². The van der Waals surface area contributed by atoms with E-state index in [1.807, 2.05) is 21.8 Å². The van der Waals surface area contributed by atoms with E-state index < -0.39 is 0 Å². The monoisotopic (exact) mass is 242 g/mol. The highest BCUT2D eigenvalue weighted by Crippen LogP contribution is 2.39. The Balaban J connectivity index is 1.87. The molecule has 0 aliphatic carbocycles. The molecule has 4 nitrogen and oxygen atoms in total. The van der Waals surface area contributed by atoms with Gasteiger partial charge in [0.15, 0.2) is 0 Å². The zero-order chi connectivity index (χ0) is 12.7. The lowest BCUT2D eigenvalue weighted by Crippen LogP contribution is -2.26. The highest BCUT2D eigenvalue weighted by Gasteiger charge is 2.26. The van der Waals surface area contributed by atoms with Gasteiger partial charge >= 0.3 is 0 Å². The molecule has 0 bridgehead atoms. The maximum Gasteiger partial charge on any atom is 0.219 e. The number of rotatable bonds is 1. The van der Waals surface area contributed by atoms with E-state index in [2.05, 4.69) is 18.1 Å². The molecule has 4 heteroatoms. The van der Waals surface area contributed by atoms with Gasteiger partial charge in [-0.1, -0.05) is 23.3 Å². The quantitative estimate of drug-likeness (QED) is 0.508. The fourth-order valence-electron chi connectivity index (χ4n) is 2.64. The first-order valence-corrected chi connectivity index (χ1v) is 6.17. The minimum atomic E-state index is 0.118. The van der Waals surface area contributed by atoms with Gasteiger partial charge in [0.2, 0.25) is 5.91 Å². The Bertz CT molecular complexity index is 513. The second-order valence-electron chi connectivity index (χ2n) is 4.80. The molecule has 0 atom stereocenters. The van der Waals surface area contributed by atoms with E-state index in [9.17, 15) is 4.79 Å². The van der Waals surface area contributed by atoms with Gasteiger partial charge in [0, 0.05) is 26.4 Å². The summed E-state index contributed by atoms with van der Waals surface area (Å²) < 4.78 is 2.01. The number of hydrogen-bond donors (Lipinski definition) is 0. The van der Waals surface area contributed by atoms with Gasteiger partial charge in [-0.2, -0.15) is 0 Å². The highest BCUT2D eigenvalue weighted by molar-refractivity contribution is 5.75. The average Bonchev–Trinajstić information content (AvgIpc) is 2.97. The molecular formula is C14H16N3O-. The standard InChI is InChI=1S/C14H16N3O/c1-10(18)17-8-4-11(9-17)14-12-5-7-16(2)13(12)3-6-15-14/h3-4,6H,2,5,7-9H2,1H3/q-1. The molecule has 0 N–H and O–H groups in total. The second kappa shape index (κ2) is 4.05. The van der Waals surface area contributed by atoms with Gasteiger partial charge in [0.25, 0.3) is 0 Å². The van der Waals surface area contributed by atoms with Gasteiger partial charge in [-0.3, -0.25) is 15.6 Å². The molecule has 1 amide bonds. The lowest BCUT2D eigenvalue weighted by Gasteiger charge is -2.37. The summed E-state index contributed by atoms with van der Waals surface area (Å²) in [6, 6.07) is 1.17. The summed E-state index contributed by atoms with van der Waals surface area (Å²) >= 11 is 0. The Labute approximate surface area is 107 Å². The zero-order valence-corrected chi connectivity index (χ0v) is 10.5. The molecule has 1 saturated heterocycles. The Kier molecular flexibility index (Phi) is 2.51. The van der Waals surface area contributed by atoms with Crippen molar-refractivity contribution >= 4 is 12.6 Å². The third kappa shape index (κ3) is 1.65. The fourth-order valence-corrected chi connectivity index (χ4v) is 2.64.